The molecule has 0 saturated carbocycles. The number of hydrogen-bond donors (Lipinski definition) is 1. The molecule has 0 fully saturated rings. The summed E-state index contributed by atoms with van der Waals surface area (Å²) in [7, 11) is 0. The highest BCUT2D eigenvalue weighted by molar-refractivity contribution is 8.00. The second-order valence-electron chi connectivity index (χ2n) is 7.91. The van der Waals surface area contributed by atoms with E-state index >= 15 is 0 Å². The zero-order chi connectivity index (χ0) is 21.3. The molecule has 0 saturated heterocycles. The summed E-state index contributed by atoms with van der Waals surface area (Å²) in [5, 5.41) is 7.48. The van der Waals surface area contributed by atoms with Crippen LogP contribution in [-0.2, 0) is 15.0 Å². The van der Waals surface area contributed by atoms with Gasteiger partial charge in [-0.3, -0.25) is 9.59 Å². The number of nitrogens with one attached hydrogen (secondary N) is 1. The van der Waals surface area contributed by atoms with Gasteiger partial charge in [0.15, 0.2) is 0 Å². The SMILES string of the molecule is CC(C)(C)c1cc(NC(=O)CN2C(=O)CSc3ccccc32)n(-c2ncccn2)n1. The van der Waals surface area contributed by atoms with Crippen molar-refractivity contribution < 1.29 is 9.59 Å². The molecule has 1 aromatic carbocycles. The maximum atomic E-state index is 12.9. The van der Waals surface area contributed by atoms with Gasteiger partial charge in [-0.1, -0.05) is 32.9 Å². The molecule has 0 bridgehead atoms. The van der Waals surface area contributed by atoms with Gasteiger partial charge in [0, 0.05) is 28.8 Å². The Bertz CT molecular complexity index is 1090. The summed E-state index contributed by atoms with van der Waals surface area (Å²) in [6.07, 6.45) is 3.24. The van der Waals surface area contributed by atoms with E-state index in [0.717, 1.165) is 16.3 Å². The summed E-state index contributed by atoms with van der Waals surface area (Å²) < 4.78 is 1.51. The molecule has 30 heavy (non-hydrogen) atoms. The van der Waals surface area contributed by atoms with E-state index in [2.05, 4.69) is 20.4 Å². The van der Waals surface area contributed by atoms with Crippen molar-refractivity contribution in [3.8, 4) is 5.95 Å². The Morgan fingerprint density at radius 1 is 1.17 bits per heavy atom. The lowest BCUT2D eigenvalue weighted by molar-refractivity contribution is -0.120. The van der Waals surface area contributed by atoms with E-state index in [4.69, 9.17) is 0 Å². The number of thioether (sulfide) groups is 1. The predicted octanol–water partition coefficient (Wildman–Crippen LogP) is 3.04. The monoisotopic (exact) mass is 422 g/mol. The van der Waals surface area contributed by atoms with Crippen LogP contribution in [0.15, 0.2) is 53.7 Å². The van der Waals surface area contributed by atoms with Crippen molar-refractivity contribution >= 4 is 35.1 Å². The first-order valence-electron chi connectivity index (χ1n) is 9.53. The Morgan fingerprint density at radius 2 is 1.90 bits per heavy atom. The van der Waals surface area contributed by atoms with E-state index in [-0.39, 0.29) is 23.8 Å². The summed E-state index contributed by atoms with van der Waals surface area (Å²) >= 11 is 1.48. The topological polar surface area (TPSA) is 93.0 Å². The third-order valence-corrected chi connectivity index (χ3v) is 5.64. The second-order valence-corrected chi connectivity index (χ2v) is 8.93. The van der Waals surface area contributed by atoms with Gasteiger partial charge in [0.2, 0.25) is 11.8 Å². The fourth-order valence-electron chi connectivity index (χ4n) is 3.04. The van der Waals surface area contributed by atoms with Gasteiger partial charge in [0.25, 0.3) is 5.95 Å². The number of benzene rings is 1. The Hall–Kier alpha value is -3.20. The average Bonchev–Trinajstić information content (AvgIpc) is 3.15. The van der Waals surface area contributed by atoms with Crippen LogP contribution in [0.25, 0.3) is 5.95 Å². The molecule has 4 rings (SSSR count). The Labute approximate surface area is 178 Å². The van der Waals surface area contributed by atoms with Gasteiger partial charge in [-0.05, 0) is 18.2 Å². The van der Waals surface area contributed by atoms with Crippen LogP contribution in [-0.4, -0.2) is 43.9 Å². The van der Waals surface area contributed by atoms with Crippen molar-refractivity contribution in [1.29, 1.82) is 0 Å². The first kappa shape index (κ1) is 20.1. The zero-order valence-corrected chi connectivity index (χ0v) is 17.8. The number of hydrogen-bond acceptors (Lipinski definition) is 6. The van der Waals surface area contributed by atoms with Crippen LogP contribution in [0.5, 0.6) is 0 Å². The summed E-state index contributed by atoms with van der Waals surface area (Å²) in [5.74, 6) is 0.725. The molecule has 3 heterocycles. The highest BCUT2D eigenvalue weighted by Crippen LogP contribution is 2.34. The number of para-hydroxylation sites is 1. The Balaban J connectivity index is 1.61. The maximum absolute atomic E-state index is 12.9. The van der Waals surface area contributed by atoms with E-state index < -0.39 is 0 Å². The van der Waals surface area contributed by atoms with Crippen molar-refractivity contribution in [3.63, 3.8) is 0 Å². The minimum atomic E-state index is -0.317. The molecule has 154 valence electrons. The highest BCUT2D eigenvalue weighted by atomic mass is 32.2. The third-order valence-electron chi connectivity index (χ3n) is 4.60. The number of aromatic nitrogens is 4. The molecular formula is C21H22N6O2S. The average molecular weight is 423 g/mol. The largest absolute Gasteiger partial charge is 0.309 e. The number of carbonyl (C=O) groups is 2. The predicted molar refractivity (Wildman–Crippen MR) is 116 cm³/mol. The molecule has 0 aliphatic carbocycles. The first-order chi connectivity index (χ1) is 14.3. The molecule has 2 amide bonds. The van der Waals surface area contributed by atoms with Gasteiger partial charge in [0.1, 0.15) is 12.4 Å². The molecule has 8 nitrogen and oxygen atoms in total. The quantitative estimate of drug-likeness (QED) is 0.695. The van der Waals surface area contributed by atoms with Crippen molar-refractivity contribution in [2.45, 2.75) is 31.1 Å². The molecular weight excluding hydrogens is 400 g/mol. The lowest BCUT2D eigenvalue weighted by Crippen LogP contribution is -2.41. The second kappa shape index (κ2) is 7.91. The van der Waals surface area contributed by atoms with Crippen molar-refractivity contribution in [2.24, 2.45) is 0 Å². The van der Waals surface area contributed by atoms with Crippen LogP contribution < -0.4 is 10.2 Å². The van der Waals surface area contributed by atoms with Gasteiger partial charge in [-0.2, -0.15) is 9.78 Å². The molecule has 0 radical (unpaired) electrons. The lowest BCUT2D eigenvalue weighted by atomic mass is 9.92. The number of amides is 2. The summed E-state index contributed by atoms with van der Waals surface area (Å²) in [6, 6.07) is 11.1. The van der Waals surface area contributed by atoms with Crippen LogP contribution in [0.1, 0.15) is 26.5 Å². The number of nitrogens with zero attached hydrogens (tertiary/aromatic N) is 5. The molecule has 0 atom stereocenters. The molecule has 3 aromatic rings. The van der Waals surface area contributed by atoms with Gasteiger partial charge in [0.05, 0.1) is 17.1 Å². The normalized spacial score (nSPS) is 13.8. The van der Waals surface area contributed by atoms with Crippen LogP contribution >= 0.6 is 11.8 Å². The molecule has 2 aromatic heterocycles. The van der Waals surface area contributed by atoms with Crippen molar-refractivity contribution in [2.75, 3.05) is 22.5 Å². The van der Waals surface area contributed by atoms with Crippen LogP contribution in [0.3, 0.4) is 0 Å². The Kier molecular flexibility index (Phi) is 5.29. The van der Waals surface area contributed by atoms with E-state index in [1.165, 1.54) is 21.3 Å². The van der Waals surface area contributed by atoms with E-state index in [0.29, 0.717) is 17.5 Å². The van der Waals surface area contributed by atoms with Crippen LogP contribution in [0.4, 0.5) is 11.5 Å². The number of fused-ring (bicyclic) bond motifs is 1. The van der Waals surface area contributed by atoms with E-state index in [1.54, 1.807) is 18.5 Å². The number of rotatable bonds is 4. The highest BCUT2D eigenvalue weighted by Gasteiger charge is 2.27. The molecule has 9 heteroatoms. The summed E-state index contributed by atoms with van der Waals surface area (Å²) in [4.78, 5) is 36.3. The van der Waals surface area contributed by atoms with Crippen LogP contribution in [0, 0.1) is 0 Å². The Morgan fingerprint density at radius 3 is 2.63 bits per heavy atom. The zero-order valence-electron chi connectivity index (χ0n) is 17.0. The van der Waals surface area contributed by atoms with Crippen LogP contribution in [0.2, 0.25) is 0 Å². The van der Waals surface area contributed by atoms with Gasteiger partial charge in [-0.25, -0.2) is 9.97 Å². The van der Waals surface area contributed by atoms with E-state index in [9.17, 15) is 9.59 Å². The minimum Gasteiger partial charge on any atom is -0.309 e. The maximum Gasteiger partial charge on any atom is 0.252 e. The molecule has 1 aliphatic rings. The summed E-state index contributed by atoms with van der Waals surface area (Å²) in [6.45, 7) is 6.04. The van der Waals surface area contributed by atoms with Gasteiger partial charge in [-0.15, -0.1) is 11.8 Å². The molecule has 1 aliphatic heterocycles. The van der Waals surface area contributed by atoms with Gasteiger partial charge < -0.3 is 10.2 Å². The third kappa shape index (κ3) is 4.06. The lowest BCUT2D eigenvalue weighted by Gasteiger charge is -2.28. The number of carbonyl (C=O) groups excluding carboxylic acids is 2. The first-order valence-corrected chi connectivity index (χ1v) is 10.5. The fraction of sp³-hybridized carbons (Fsp3) is 0.286. The summed E-state index contributed by atoms with van der Waals surface area (Å²) in [5.41, 5.74) is 1.32. The molecule has 0 unspecified atom stereocenters. The molecule has 0 spiro atoms. The fourth-order valence-corrected chi connectivity index (χ4v) is 3.98. The minimum absolute atomic E-state index is 0.0813. The number of anilines is 2. The van der Waals surface area contributed by atoms with E-state index in [1.807, 2.05) is 51.1 Å². The van der Waals surface area contributed by atoms with Crippen molar-refractivity contribution in [3.05, 3.63) is 54.5 Å². The standard InChI is InChI=1S/C21H22N6O2S/c1-21(2,3)16-11-17(27(25-16)20-22-9-6-10-23-20)24-18(28)12-26-14-7-4-5-8-15(14)30-13-19(26)29/h4-11H,12-13H2,1-3H3,(H,24,28). The smallest absolute Gasteiger partial charge is 0.252 e. The van der Waals surface area contributed by atoms with Gasteiger partial charge >= 0.3 is 0 Å². The van der Waals surface area contributed by atoms with Crippen molar-refractivity contribution in [1.82, 2.24) is 19.7 Å². The molecule has 1 N–H and O–H groups in total.